The molecule has 0 spiro atoms. The number of rotatable bonds is 3. The highest BCUT2D eigenvalue weighted by molar-refractivity contribution is 5.57. The Morgan fingerprint density at radius 1 is 0.950 bits per heavy atom. The molecule has 0 atom stereocenters. The molecule has 0 bridgehead atoms. The van der Waals surface area contributed by atoms with Crippen LogP contribution in [-0.2, 0) is 0 Å². The van der Waals surface area contributed by atoms with Crippen LogP contribution < -0.4 is 4.90 Å². The van der Waals surface area contributed by atoms with Crippen molar-refractivity contribution in [2.45, 2.75) is 32.1 Å². The molecule has 1 heterocycles. The molecule has 0 amide bonds. The molecule has 1 aromatic rings. The summed E-state index contributed by atoms with van der Waals surface area (Å²) in [7, 11) is 0. The fourth-order valence-electron chi connectivity index (χ4n) is 3.64. The summed E-state index contributed by atoms with van der Waals surface area (Å²) >= 11 is 0. The third-order valence-corrected chi connectivity index (χ3v) is 4.84. The Kier molecular flexibility index (Phi) is 4.46. The maximum Gasteiger partial charge on any atom is 0.138 e. The molecule has 2 aliphatic rings. The molecule has 1 saturated carbocycles. The predicted octanol–water partition coefficient (Wildman–Crippen LogP) is 3.09. The molecule has 3 heteroatoms. The van der Waals surface area contributed by atoms with E-state index in [0.717, 1.165) is 37.8 Å². The zero-order valence-corrected chi connectivity index (χ0v) is 12.3. The molecule has 3 nitrogen and oxygen atoms in total. The lowest BCUT2D eigenvalue weighted by Gasteiger charge is -2.38. The van der Waals surface area contributed by atoms with Gasteiger partial charge in [-0.3, -0.25) is 4.90 Å². The van der Waals surface area contributed by atoms with Crippen LogP contribution >= 0.6 is 0 Å². The number of phenolic OH excluding ortho intramolecular Hbond substituents is 1. The fraction of sp³-hybridized carbons (Fsp3) is 0.647. The molecule has 0 unspecified atom stereocenters. The van der Waals surface area contributed by atoms with Crippen LogP contribution in [0.15, 0.2) is 24.3 Å². The third kappa shape index (κ3) is 3.26. The zero-order chi connectivity index (χ0) is 13.8. The van der Waals surface area contributed by atoms with Crippen molar-refractivity contribution in [1.82, 2.24) is 4.90 Å². The number of phenols is 1. The summed E-state index contributed by atoms with van der Waals surface area (Å²) in [6, 6.07) is 7.69. The van der Waals surface area contributed by atoms with Gasteiger partial charge in [0.15, 0.2) is 0 Å². The molecule has 1 saturated heterocycles. The van der Waals surface area contributed by atoms with Crippen molar-refractivity contribution < 1.29 is 5.11 Å². The van der Waals surface area contributed by atoms with E-state index in [1.165, 1.54) is 38.6 Å². The summed E-state index contributed by atoms with van der Waals surface area (Å²) in [5, 5.41) is 9.93. The van der Waals surface area contributed by atoms with Gasteiger partial charge >= 0.3 is 0 Å². The summed E-state index contributed by atoms with van der Waals surface area (Å²) in [6.45, 7) is 5.61. The van der Waals surface area contributed by atoms with Crippen LogP contribution in [0.2, 0.25) is 0 Å². The molecule has 3 rings (SSSR count). The van der Waals surface area contributed by atoms with Gasteiger partial charge in [0.1, 0.15) is 5.75 Å². The Morgan fingerprint density at radius 2 is 1.65 bits per heavy atom. The Bertz CT molecular complexity index is 421. The average Bonchev–Trinajstić information content (AvgIpc) is 2.50. The van der Waals surface area contributed by atoms with Gasteiger partial charge in [-0.05, 0) is 30.9 Å². The van der Waals surface area contributed by atoms with Gasteiger partial charge < -0.3 is 10.0 Å². The molecule has 20 heavy (non-hydrogen) atoms. The molecule has 1 N–H and O–H groups in total. The van der Waals surface area contributed by atoms with Gasteiger partial charge in [0, 0.05) is 32.7 Å². The number of benzene rings is 1. The van der Waals surface area contributed by atoms with Gasteiger partial charge in [0.05, 0.1) is 5.69 Å². The molecular formula is C17H26N2O. The van der Waals surface area contributed by atoms with Gasteiger partial charge in [0.25, 0.3) is 0 Å². The number of hydrogen-bond acceptors (Lipinski definition) is 3. The summed E-state index contributed by atoms with van der Waals surface area (Å²) in [5.74, 6) is 1.34. The summed E-state index contributed by atoms with van der Waals surface area (Å²) in [6.07, 6.45) is 7.17. The monoisotopic (exact) mass is 274 g/mol. The topological polar surface area (TPSA) is 26.7 Å². The van der Waals surface area contributed by atoms with Crippen LogP contribution in [-0.4, -0.2) is 42.7 Å². The summed E-state index contributed by atoms with van der Waals surface area (Å²) in [5.41, 5.74) is 0.991. The van der Waals surface area contributed by atoms with E-state index in [2.05, 4.69) is 9.80 Å². The normalized spacial score (nSPS) is 22.1. The lowest BCUT2D eigenvalue weighted by molar-refractivity contribution is 0.192. The van der Waals surface area contributed by atoms with Crippen molar-refractivity contribution in [3.8, 4) is 5.75 Å². The van der Waals surface area contributed by atoms with Crippen molar-refractivity contribution in [2.24, 2.45) is 5.92 Å². The Balaban J connectivity index is 1.50. The van der Waals surface area contributed by atoms with Crippen LogP contribution in [0.5, 0.6) is 5.75 Å². The molecule has 1 aliphatic carbocycles. The van der Waals surface area contributed by atoms with Crippen LogP contribution in [0.3, 0.4) is 0 Å². The van der Waals surface area contributed by atoms with E-state index >= 15 is 0 Å². The first-order chi connectivity index (χ1) is 9.83. The van der Waals surface area contributed by atoms with Crippen LogP contribution in [0, 0.1) is 5.92 Å². The average molecular weight is 274 g/mol. The highest BCUT2D eigenvalue weighted by atomic mass is 16.3. The molecule has 0 aromatic heterocycles. The van der Waals surface area contributed by atoms with E-state index in [4.69, 9.17) is 0 Å². The van der Waals surface area contributed by atoms with E-state index < -0.39 is 0 Å². The van der Waals surface area contributed by atoms with Crippen LogP contribution in [0.1, 0.15) is 32.1 Å². The lowest BCUT2D eigenvalue weighted by Crippen LogP contribution is -2.48. The second-order valence-corrected chi connectivity index (χ2v) is 6.28. The van der Waals surface area contributed by atoms with E-state index in [1.807, 2.05) is 18.2 Å². The van der Waals surface area contributed by atoms with Crippen LogP contribution in [0.4, 0.5) is 5.69 Å². The van der Waals surface area contributed by atoms with E-state index in [9.17, 15) is 5.11 Å². The largest absolute Gasteiger partial charge is 0.506 e. The second kappa shape index (κ2) is 6.49. The SMILES string of the molecule is Oc1ccccc1N1CCN(CC2CCCCC2)CC1. The number of piperazine rings is 1. The minimum absolute atomic E-state index is 0.410. The molecular weight excluding hydrogens is 248 g/mol. The summed E-state index contributed by atoms with van der Waals surface area (Å²) < 4.78 is 0. The lowest BCUT2D eigenvalue weighted by atomic mass is 9.89. The van der Waals surface area contributed by atoms with Crippen molar-refractivity contribution in [3.63, 3.8) is 0 Å². The molecule has 2 fully saturated rings. The minimum Gasteiger partial charge on any atom is -0.506 e. The van der Waals surface area contributed by atoms with Gasteiger partial charge in [-0.2, -0.15) is 0 Å². The molecule has 0 radical (unpaired) electrons. The highest BCUT2D eigenvalue weighted by Gasteiger charge is 2.22. The highest BCUT2D eigenvalue weighted by Crippen LogP contribution is 2.28. The fourth-order valence-corrected chi connectivity index (χ4v) is 3.64. The minimum atomic E-state index is 0.410. The first kappa shape index (κ1) is 13.7. The van der Waals surface area contributed by atoms with Crippen molar-refractivity contribution in [3.05, 3.63) is 24.3 Å². The van der Waals surface area contributed by atoms with Gasteiger partial charge in [0.2, 0.25) is 0 Å². The number of aromatic hydroxyl groups is 1. The zero-order valence-electron chi connectivity index (χ0n) is 12.3. The number of hydrogen-bond donors (Lipinski definition) is 1. The van der Waals surface area contributed by atoms with E-state index in [1.54, 1.807) is 6.07 Å². The first-order valence-electron chi connectivity index (χ1n) is 8.08. The predicted molar refractivity (Wildman–Crippen MR) is 83.3 cm³/mol. The maximum atomic E-state index is 9.93. The Labute approximate surface area is 122 Å². The molecule has 1 aliphatic heterocycles. The molecule has 1 aromatic carbocycles. The van der Waals surface area contributed by atoms with E-state index in [-0.39, 0.29) is 0 Å². The van der Waals surface area contributed by atoms with Gasteiger partial charge in [-0.15, -0.1) is 0 Å². The summed E-state index contributed by atoms with van der Waals surface area (Å²) in [4.78, 5) is 4.93. The van der Waals surface area contributed by atoms with Crippen molar-refractivity contribution in [1.29, 1.82) is 0 Å². The molecule has 110 valence electrons. The third-order valence-electron chi connectivity index (χ3n) is 4.84. The number of nitrogens with zero attached hydrogens (tertiary/aromatic N) is 2. The van der Waals surface area contributed by atoms with Crippen molar-refractivity contribution in [2.75, 3.05) is 37.6 Å². The number of anilines is 1. The first-order valence-corrected chi connectivity index (χ1v) is 8.08. The Hall–Kier alpha value is -1.22. The second-order valence-electron chi connectivity index (χ2n) is 6.28. The van der Waals surface area contributed by atoms with E-state index in [0.29, 0.717) is 5.75 Å². The van der Waals surface area contributed by atoms with Gasteiger partial charge in [-0.25, -0.2) is 0 Å². The van der Waals surface area contributed by atoms with Gasteiger partial charge in [-0.1, -0.05) is 31.4 Å². The van der Waals surface area contributed by atoms with Crippen LogP contribution in [0.25, 0.3) is 0 Å². The smallest absolute Gasteiger partial charge is 0.138 e. The standard InChI is InChI=1S/C17H26N2O/c20-17-9-5-4-8-16(17)19-12-10-18(11-13-19)14-15-6-2-1-3-7-15/h4-5,8-9,15,20H,1-3,6-7,10-14H2. The Morgan fingerprint density at radius 3 is 2.35 bits per heavy atom. The van der Waals surface area contributed by atoms with Crippen molar-refractivity contribution >= 4 is 5.69 Å². The number of para-hydroxylation sites is 2. The maximum absolute atomic E-state index is 9.93. The quantitative estimate of drug-likeness (QED) is 0.917.